The van der Waals surface area contributed by atoms with Gasteiger partial charge in [-0.15, -0.1) is 0 Å². The maximum absolute atomic E-state index is 12.0. The number of nitrogens with one attached hydrogen (secondary N) is 3. The van der Waals surface area contributed by atoms with Gasteiger partial charge in [-0.3, -0.25) is 9.79 Å². The van der Waals surface area contributed by atoms with Crippen LogP contribution in [0.1, 0.15) is 49.9 Å². The van der Waals surface area contributed by atoms with Crippen LogP contribution in [0, 0.1) is 0 Å². The number of hydrogen-bond donors (Lipinski definition) is 3. The molecule has 1 fully saturated rings. The molecule has 0 aromatic heterocycles. The van der Waals surface area contributed by atoms with Crippen LogP contribution in [0.5, 0.6) is 0 Å². The minimum absolute atomic E-state index is 0.0463. The molecule has 2 rings (SSSR count). The Hall–Kier alpha value is -2.08. The molecule has 6 heteroatoms. The summed E-state index contributed by atoms with van der Waals surface area (Å²) < 4.78 is 0. The monoisotopic (exact) mass is 373 g/mol. The van der Waals surface area contributed by atoms with Crippen molar-refractivity contribution in [3.05, 3.63) is 35.9 Å². The van der Waals surface area contributed by atoms with Crippen molar-refractivity contribution in [2.75, 3.05) is 39.3 Å². The summed E-state index contributed by atoms with van der Waals surface area (Å²) >= 11 is 0. The van der Waals surface area contributed by atoms with Crippen LogP contribution in [-0.4, -0.2) is 62.1 Å². The number of carbonyl (C=O) groups is 1. The number of aliphatic imine (C=N–C) groups is 1. The summed E-state index contributed by atoms with van der Waals surface area (Å²) in [5.41, 5.74) is 0.685. The average molecular weight is 374 g/mol. The van der Waals surface area contributed by atoms with E-state index < -0.39 is 0 Å². The third kappa shape index (κ3) is 7.99. The van der Waals surface area contributed by atoms with Crippen LogP contribution in [0.25, 0.3) is 0 Å². The lowest BCUT2D eigenvalue weighted by Gasteiger charge is -2.33. The molecule has 0 radical (unpaired) electrons. The third-order valence-electron chi connectivity index (χ3n) is 4.90. The Bertz CT molecular complexity index is 575. The Kier molecular flexibility index (Phi) is 9.69. The van der Waals surface area contributed by atoms with E-state index in [0.717, 1.165) is 32.0 Å². The largest absolute Gasteiger partial charge is 0.357 e. The molecule has 6 nitrogen and oxygen atoms in total. The van der Waals surface area contributed by atoms with Gasteiger partial charge in [-0.2, -0.15) is 0 Å². The van der Waals surface area contributed by atoms with Gasteiger partial charge in [0, 0.05) is 44.3 Å². The van der Waals surface area contributed by atoms with Crippen molar-refractivity contribution < 1.29 is 4.79 Å². The number of hydrogen-bond acceptors (Lipinski definition) is 3. The van der Waals surface area contributed by atoms with Crippen molar-refractivity contribution in [1.82, 2.24) is 20.9 Å². The highest BCUT2D eigenvalue weighted by Gasteiger charge is 2.16. The minimum atomic E-state index is -0.0463. The van der Waals surface area contributed by atoms with Crippen molar-refractivity contribution in [3.8, 4) is 0 Å². The molecule has 1 heterocycles. The second-order valence-electron chi connectivity index (χ2n) is 7.04. The summed E-state index contributed by atoms with van der Waals surface area (Å²) in [5, 5.41) is 9.47. The molecule has 0 aliphatic carbocycles. The highest BCUT2D eigenvalue weighted by Crippen LogP contribution is 2.16. The predicted molar refractivity (Wildman–Crippen MR) is 112 cm³/mol. The first kappa shape index (κ1) is 21.2. The van der Waals surface area contributed by atoms with Crippen LogP contribution in [0.4, 0.5) is 0 Å². The first-order valence-electron chi connectivity index (χ1n) is 10.3. The van der Waals surface area contributed by atoms with Crippen LogP contribution < -0.4 is 16.0 Å². The number of rotatable bonds is 9. The van der Waals surface area contributed by atoms with Gasteiger partial charge < -0.3 is 20.9 Å². The van der Waals surface area contributed by atoms with Gasteiger partial charge in [0.1, 0.15) is 0 Å². The normalized spacial score (nSPS) is 18.1. The zero-order valence-electron chi connectivity index (χ0n) is 16.8. The Balaban J connectivity index is 1.64. The van der Waals surface area contributed by atoms with E-state index in [0.29, 0.717) is 24.7 Å². The number of guanidine groups is 1. The lowest BCUT2D eigenvalue weighted by Crippen LogP contribution is -2.42. The lowest BCUT2D eigenvalue weighted by molar-refractivity contribution is 0.0954. The van der Waals surface area contributed by atoms with Crippen molar-refractivity contribution >= 4 is 11.9 Å². The molecule has 27 heavy (non-hydrogen) atoms. The molecule has 1 unspecified atom stereocenters. The fourth-order valence-electron chi connectivity index (χ4n) is 3.34. The van der Waals surface area contributed by atoms with E-state index >= 15 is 0 Å². The fourth-order valence-corrected chi connectivity index (χ4v) is 3.34. The summed E-state index contributed by atoms with van der Waals surface area (Å²) in [7, 11) is 0. The quantitative estimate of drug-likeness (QED) is 0.353. The van der Waals surface area contributed by atoms with E-state index in [1.807, 2.05) is 30.3 Å². The number of nitrogens with zero attached hydrogens (tertiary/aromatic N) is 2. The Morgan fingerprint density at radius 3 is 2.67 bits per heavy atom. The van der Waals surface area contributed by atoms with Gasteiger partial charge in [-0.05, 0) is 51.8 Å². The van der Waals surface area contributed by atoms with Crippen LogP contribution in [0.3, 0.4) is 0 Å². The van der Waals surface area contributed by atoms with E-state index in [1.54, 1.807) is 0 Å². The van der Waals surface area contributed by atoms with Gasteiger partial charge in [-0.25, -0.2) is 0 Å². The SMILES string of the molecule is CCNC(=NCCCN1CCCCC1C)NCCNC(=O)c1ccccc1. The number of piperidine rings is 1. The van der Waals surface area contributed by atoms with Gasteiger partial charge in [-0.1, -0.05) is 24.6 Å². The molecule has 1 aliphatic heterocycles. The van der Waals surface area contributed by atoms with Crippen molar-refractivity contribution in [2.45, 2.75) is 45.6 Å². The second-order valence-corrected chi connectivity index (χ2v) is 7.04. The van der Waals surface area contributed by atoms with Gasteiger partial charge in [0.2, 0.25) is 0 Å². The highest BCUT2D eigenvalue weighted by molar-refractivity contribution is 5.94. The number of likely N-dealkylation sites (tertiary alicyclic amines) is 1. The van der Waals surface area contributed by atoms with E-state index in [4.69, 9.17) is 0 Å². The first-order chi connectivity index (χ1) is 13.2. The fraction of sp³-hybridized carbons (Fsp3) is 0.619. The zero-order valence-corrected chi connectivity index (χ0v) is 16.8. The smallest absolute Gasteiger partial charge is 0.251 e. The van der Waals surface area contributed by atoms with Crippen molar-refractivity contribution in [1.29, 1.82) is 0 Å². The molecule has 1 amide bonds. The van der Waals surface area contributed by atoms with Crippen molar-refractivity contribution in [3.63, 3.8) is 0 Å². The van der Waals surface area contributed by atoms with Crippen LogP contribution in [0.2, 0.25) is 0 Å². The molecular weight excluding hydrogens is 338 g/mol. The van der Waals surface area contributed by atoms with E-state index in [2.05, 4.69) is 39.7 Å². The third-order valence-corrected chi connectivity index (χ3v) is 4.90. The summed E-state index contributed by atoms with van der Waals surface area (Å²) in [5.74, 6) is 0.771. The van der Waals surface area contributed by atoms with Gasteiger partial charge in [0.25, 0.3) is 5.91 Å². The standard InChI is InChI=1S/C21H35N5O/c1-3-22-21(24-13-9-17-26-16-8-7-10-18(26)2)25-15-14-23-20(27)19-11-5-4-6-12-19/h4-6,11-12,18H,3,7-10,13-17H2,1-2H3,(H,23,27)(H2,22,24,25). The first-order valence-corrected chi connectivity index (χ1v) is 10.3. The van der Waals surface area contributed by atoms with Gasteiger partial charge in [0.15, 0.2) is 5.96 Å². The maximum Gasteiger partial charge on any atom is 0.251 e. The number of carbonyl (C=O) groups excluding carboxylic acids is 1. The van der Waals surface area contributed by atoms with Crippen LogP contribution in [-0.2, 0) is 0 Å². The molecular formula is C21H35N5O. The molecule has 0 saturated carbocycles. The molecule has 0 spiro atoms. The number of benzene rings is 1. The summed E-state index contributed by atoms with van der Waals surface area (Å²) in [4.78, 5) is 19.2. The molecule has 150 valence electrons. The van der Waals surface area contributed by atoms with Crippen LogP contribution in [0.15, 0.2) is 35.3 Å². The average Bonchev–Trinajstić information content (AvgIpc) is 2.70. The summed E-state index contributed by atoms with van der Waals surface area (Å²) in [6.45, 7) is 9.58. The Morgan fingerprint density at radius 1 is 1.15 bits per heavy atom. The topological polar surface area (TPSA) is 68.8 Å². The highest BCUT2D eigenvalue weighted by atomic mass is 16.1. The van der Waals surface area contributed by atoms with Gasteiger partial charge >= 0.3 is 0 Å². The Labute approximate surface area is 163 Å². The predicted octanol–water partition coefficient (Wildman–Crippen LogP) is 2.24. The molecule has 3 N–H and O–H groups in total. The van der Waals surface area contributed by atoms with Crippen LogP contribution >= 0.6 is 0 Å². The van der Waals surface area contributed by atoms with E-state index in [-0.39, 0.29) is 5.91 Å². The Morgan fingerprint density at radius 2 is 1.93 bits per heavy atom. The van der Waals surface area contributed by atoms with E-state index in [1.165, 1.54) is 25.8 Å². The second kappa shape index (κ2) is 12.3. The molecule has 1 aliphatic rings. The number of amides is 1. The zero-order chi connectivity index (χ0) is 19.3. The summed E-state index contributed by atoms with van der Waals surface area (Å²) in [6.07, 6.45) is 5.09. The maximum atomic E-state index is 12.0. The summed E-state index contributed by atoms with van der Waals surface area (Å²) in [6, 6.07) is 9.99. The molecule has 1 saturated heterocycles. The van der Waals surface area contributed by atoms with Gasteiger partial charge in [0.05, 0.1) is 0 Å². The molecule has 1 aromatic rings. The molecule has 1 aromatic carbocycles. The minimum Gasteiger partial charge on any atom is -0.357 e. The molecule has 1 atom stereocenters. The molecule has 0 bridgehead atoms. The van der Waals surface area contributed by atoms with Crippen molar-refractivity contribution in [2.24, 2.45) is 4.99 Å². The van der Waals surface area contributed by atoms with E-state index in [9.17, 15) is 4.79 Å². The lowest BCUT2D eigenvalue weighted by atomic mass is 10.0.